The van der Waals surface area contributed by atoms with E-state index in [1.54, 1.807) is 7.11 Å². The molecule has 0 unspecified atom stereocenters. The fourth-order valence-corrected chi connectivity index (χ4v) is 4.63. The lowest BCUT2D eigenvalue weighted by Crippen LogP contribution is -2.51. The van der Waals surface area contributed by atoms with Crippen molar-refractivity contribution in [3.8, 4) is 5.75 Å². The molecule has 0 saturated carbocycles. The molecule has 1 fully saturated rings. The molecule has 1 aromatic carbocycles. The molecule has 2 aliphatic rings. The third-order valence-corrected chi connectivity index (χ3v) is 6.34. The van der Waals surface area contributed by atoms with Crippen molar-refractivity contribution in [2.24, 2.45) is 0 Å². The van der Waals surface area contributed by atoms with Crippen molar-refractivity contribution in [1.29, 1.82) is 0 Å². The molecule has 0 aliphatic carbocycles. The molecule has 1 amide bonds. The lowest BCUT2D eigenvalue weighted by Gasteiger charge is -2.37. The first kappa shape index (κ1) is 17.4. The molecular formula is C20H25N3O2S. The smallest absolute Gasteiger partial charge is 0.236 e. The van der Waals surface area contributed by atoms with Gasteiger partial charge in [-0.2, -0.15) is 0 Å². The molecule has 26 heavy (non-hydrogen) atoms. The maximum Gasteiger partial charge on any atom is 0.236 e. The summed E-state index contributed by atoms with van der Waals surface area (Å²) in [5.41, 5.74) is 2.59. The number of ether oxygens (including phenoxy) is 1. The number of fused-ring (bicyclic) bond motifs is 1. The zero-order chi connectivity index (χ0) is 17.9. The van der Waals surface area contributed by atoms with E-state index < -0.39 is 0 Å². The molecule has 1 saturated heterocycles. The summed E-state index contributed by atoms with van der Waals surface area (Å²) in [7, 11) is 1.68. The van der Waals surface area contributed by atoms with E-state index in [0.717, 1.165) is 51.4 Å². The summed E-state index contributed by atoms with van der Waals surface area (Å²) < 4.78 is 5.22. The number of amides is 1. The van der Waals surface area contributed by atoms with E-state index in [2.05, 4.69) is 33.4 Å². The highest BCUT2D eigenvalue weighted by molar-refractivity contribution is 7.10. The van der Waals surface area contributed by atoms with Gasteiger partial charge in [0.15, 0.2) is 0 Å². The van der Waals surface area contributed by atoms with E-state index in [-0.39, 0.29) is 5.91 Å². The van der Waals surface area contributed by atoms with Gasteiger partial charge >= 0.3 is 0 Å². The van der Waals surface area contributed by atoms with Crippen LogP contribution in [0, 0.1) is 0 Å². The van der Waals surface area contributed by atoms with E-state index in [4.69, 9.17) is 4.74 Å². The third kappa shape index (κ3) is 3.71. The zero-order valence-corrected chi connectivity index (χ0v) is 16.0. The van der Waals surface area contributed by atoms with Gasteiger partial charge in [0, 0.05) is 49.8 Å². The predicted molar refractivity (Wildman–Crippen MR) is 105 cm³/mol. The van der Waals surface area contributed by atoms with Crippen molar-refractivity contribution in [2.75, 3.05) is 51.3 Å². The van der Waals surface area contributed by atoms with Gasteiger partial charge in [0.25, 0.3) is 0 Å². The van der Waals surface area contributed by atoms with E-state index in [0.29, 0.717) is 6.54 Å². The summed E-state index contributed by atoms with van der Waals surface area (Å²) in [6.45, 7) is 5.80. The van der Waals surface area contributed by atoms with Crippen LogP contribution < -0.4 is 9.64 Å². The van der Waals surface area contributed by atoms with Crippen LogP contribution in [-0.4, -0.2) is 62.1 Å². The summed E-state index contributed by atoms with van der Waals surface area (Å²) in [4.78, 5) is 20.8. The standard InChI is InChI=1S/C20H25N3O2S/c1-25-18-4-2-17(3-5-18)22-9-11-23(12-10-22)20(24)15-21-8-6-19-16(14-21)7-13-26-19/h2-5,7,13H,6,8-12,14-15H2,1H3. The number of hydrogen-bond acceptors (Lipinski definition) is 5. The van der Waals surface area contributed by atoms with Gasteiger partial charge in [-0.1, -0.05) is 0 Å². The van der Waals surface area contributed by atoms with Crippen LogP contribution in [0.4, 0.5) is 5.69 Å². The molecule has 0 bridgehead atoms. The van der Waals surface area contributed by atoms with Crippen LogP contribution in [0.25, 0.3) is 0 Å². The summed E-state index contributed by atoms with van der Waals surface area (Å²) >= 11 is 1.84. The summed E-state index contributed by atoms with van der Waals surface area (Å²) in [6.07, 6.45) is 1.07. The number of piperazine rings is 1. The highest BCUT2D eigenvalue weighted by Gasteiger charge is 2.25. The van der Waals surface area contributed by atoms with Crippen molar-refractivity contribution in [3.63, 3.8) is 0 Å². The number of nitrogens with zero attached hydrogens (tertiary/aromatic N) is 3. The minimum absolute atomic E-state index is 0.262. The van der Waals surface area contributed by atoms with E-state index >= 15 is 0 Å². The number of anilines is 1. The van der Waals surface area contributed by atoms with Crippen LogP contribution in [0.3, 0.4) is 0 Å². The third-order valence-electron chi connectivity index (χ3n) is 5.32. The van der Waals surface area contributed by atoms with Crippen LogP contribution >= 0.6 is 11.3 Å². The number of thiophene rings is 1. The van der Waals surface area contributed by atoms with Gasteiger partial charge in [-0.25, -0.2) is 0 Å². The van der Waals surface area contributed by atoms with Crippen LogP contribution in [0.1, 0.15) is 10.4 Å². The predicted octanol–water partition coefficient (Wildman–Crippen LogP) is 2.46. The average Bonchev–Trinajstić information content (AvgIpc) is 3.16. The second-order valence-corrected chi connectivity index (χ2v) is 7.90. The van der Waals surface area contributed by atoms with Gasteiger partial charge in [-0.3, -0.25) is 9.69 Å². The summed E-state index contributed by atoms with van der Waals surface area (Å²) in [5.74, 6) is 1.14. The first-order valence-corrected chi connectivity index (χ1v) is 10.1. The van der Waals surface area contributed by atoms with Crippen molar-refractivity contribution in [3.05, 3.63) is 46.2 Å². The number of carbonyl (C=O) groups is 1. The van der Waals surface area contributed by atoms with Crippen molar-refractivity contribution in [2.45, 2.75) is 13.0 Å². The van der Waals surface area contributed by atoms with Crippen molar-refractivity contribution < 1.29 is 9.53 Å². The number of methoxy groups -OCH3 is 1. The van der Waals surface area contributed by atoms with E-state index in [9.17, 15) is 4.79 Å². The Hall–Kier alpha value is -2.05. The van der Waals surface area contributed by atoms with Crippen LogP contribution in [0.5, 0.6) is 5.75 Å². The first-order valence-electron chi connectivity index (χ1n) is 9.17. The van der Waals surface area contributed by atoms with Crippen LogP contribution in [-0.2, 0) is 17.8 Å². The van der Waals surface area contributed by atoms with Gasteiger partial charge in [0.1, 0.15) is 5.75 Å². The van der Waals surface area contributed by atoms with Gasteiger partial charge in [-0.05, 0) is 47.7 Å². The zero-order valence-electron chi connectivity index (χ0n) is 15.2. The fourth-order valence-electron chi connectivity index (χ4n) is 3.74. The summed E-state index contributed by atoms with van der Waals surface area (Å²) in [5, 5.41) is 2.16. The Morgan fingerprint density at radius 1 is 1.08 bits per heavy atom. The minimum Gasteiger partial charge on any atom is -0.497 e. The Kier molecular flexibility index (Phi) is 5.13. The molecule has 3 heterocycles. The van der Waals surface area contributed by atoms with E-state index in [1.165, 1.54) is 16.1 Å². The Morgan fingerprint density at radius 2 is 1.85 bits per heavy atom. The Labute approximate surface area is 158 Å². The molecule has 5 nitrogen and oxygen atoms in total. The fraction of sp³-hybridized carbons (Fsp3) is 0.450. The molecular weight excluding hydrogens is 346 g/mol. The lowest BCUT2D eigenvalue weighted by molar-refractivity contribution is -0.132. The van der Waals surface area contributed by atoms with Gasteiger partial charge < -0.3 is 14.5 Å². The number of benzene rings is 1. The highest BCUT2D eigenvalue weighted by atomic mass is 32.1. The Morgan fingerprint density at radius 3 is 2.58 bits per heavy atom. The lowest BCUT2D eigenvalue weighted by atomic mass is 10.1. The monoisotopic (exact) mass is 371 g/mol. The largest absolute Gasteiger partial charge is 0.497 e. The molecule has 2 aromatic rings. The van der Waals surface area contributed by atoms with Gasteiger partial charge in [-0.15, -0.1) is 11.3 Å². The molecule has 0 radical (unpaired) electrons. The molecule has 138 valence electrons. The van der Waals surface area contributed by atoms with Gasteiger partial charge in [0.05, 0.1) is 13.7 Å². The van der Waals surface area contributed by atoms with Crippen molar-refractivity contribution >= 4 is 22.9 Å². The molecule has 0 N–H and O–H groups in total. The Balaban J connectivity index is 1.28. The SMILES string of the molecule is COc1ccc(N2CCN(C(=O)CN3CCc4sccc4C3)CC2)cc1. The van der Waals surface area contributed by atoms with Gasteiger partial charge in [0.2, 0.25) is 5.91 Å². The second kappa shape index (κ2) is 7.68. The van der Waals surface area contributed by atoms with Crippen LogP contribution in [0.2, 0.25) is 0 Å². The molecule has 0 atom stereocenters. The topological polar surface area (TPSA) is 36.0 Å². The maximum absolute atomic E-state index is 12.7. The number of carbonyl (C=O) groups excluding carboxylic acids is 1. The normalized spacial score (nSPS) is 17.9. The average molecular weight is 372 g/mol. The molecule has 2 aliphatic heterocycles. The second-order valence-electron chi connectivity index (χ2n) is 6.90. The first-order chi connectivity index (χ1) is 12.7. The molecule has 0 spiro atoms. The highest BCUT2D eigenvalue weighted by Crippen LogP contribution is 2.24. The molecule has 6 heteroatoms. The van der Waals surface area contributed by atoms with Crippen molar-refractivity contribution in [1.82, 2.24) is 9.80 Å². The number of rotatable bonds is 4. The Bertz CT molecular complexity index is 751. The quantitative estimate of drug-likeness (QED) is 0.827. The summed E-state index contributed by atoms with van der Waals surface area (Å²) in [6, 6.07) is 10.3. The minimum atomic E-state index is 0.262. The molecule has 1 aromatic heterocycles. The maximum atomic E-state index is 12.7. The van der Waals surface area contributed by atoms with E-state index in [1.807, 2.05) is 28.4 Å². The van der Waals surface area contributed by atoms with Crippen LogP contribution in [0.15, 0.2) is 35.7 Å². The number of hydrogen-bond donors (Lipinski definition) is 0. The molecule has 4 rings (SSSR count).